The maximum absolute atomic E-state index is 12.8. The molecule has 0 saturated carbocycles. The molecule has 0 aromatic heterocycles. The van der Waals surface area contributed by atoms with Gasteiger partial charge >= 0.3 is 0 Å². The van der Waals surface area contributed by atoms with Gasteiger partial charge in [0.1, 0.15) is 6.04 Å². The molecule has 0 unspecified atom stereocenters. The maximum Gasteiger partial charge on any atom is 0.244 e. The van der Waals surface area contributed by atoms with Crippen LogP contribution in [0.5, 0.6) is 0 Å². The van der Waals surface area contributed by atoms with Gasteiger partial charge in [-0.3, -0.25) is 4.79 Å². The second-order valence-electron chi connectivity index (χ2n) is 5.50. The quantitative estimate of drug-likeness (QED) is 0.840. The molecule has 2 aromatic rings. The molecule has 1 atom stereocenters. The van der Waals surface area contributed by atoms with Crippen LogP contribution < -0.4 is 4.72 Å². The van der Waals surface area contributed by atoms with Gasteiger partial charge in [0.05, 0.1) is 4.90 Å². The smallest absolute Gasteiger partial charge is 0.244 e. The average Bonchev–Trinajstić information content (AvgIpc) is 2.44. The van der Waals surface area contributed by atoms with E-state index in [1.54, 1.807) is 56.3 Å². The van der Waals surface area contributed by atoms with Crippen LogP contribution in [0.2, 0.25) is 0 Å². The van der Waals surface area contributed by atoms with Crippen LogP contribution in [0, 0.1) is 20.8 Å². The lowest BCUT2D eigenvalue weighted by Crippen LogP contribution is -2.33. The molecule has 0 fully saturated rings. The molecule has 23 heavy (non-hydrogen) atoms. The summed E-state index contributed by atoms with van der Waals surface area (Å²) in [4.78, 5) is 11.9. The van der Waals surface area contributed by atoms with Crippen LogP contribution in [0.15, 0.2) is 47.4 Å². The van der Waals surface area contributed by atoms with Gasteiger partial charge in [-0.2, -0.15) is 4.72 Å². The standard InChI is InChI=1S/C17H18ClNO3S/c1-11-9-12(2)16(13(3)10-11)23(21,22)19-15(17(18)20)14-7-5-4-6-8-14/h4-10,15,19H,1-3H3/t15-/m1/s1. The Bertz CT molecular complexity index is 809. The minimum atomic E-state index is -3.89. The fourth-order valence-electron chi connectivity index (χ4n) is 2.70. The monoisotopic (exact) mass is 351 g/mol. The van der Waals surface area contributed by atoms with Crippen molar-refractivity contribution in [3.63, 3.8) is 0 Å². The van der Waals surface area contributed by atoms with E-state index in [-0.39, 0.29) is 4.90 Å². The summed E-state index contributed by atoms with van der Waals surface area (Å²) in [5, 5.41) is -0.776. The summed E-state index contributed by atoms with van der Waals surface area (Å²) in [7, 11) is -3.89. The van der Waals surface area contributed by atoms with E-state index in [9.17, 15) is 13.2 Å². The Hall–Kier alpha value is -1.69. The number of carbonyl (C=O) groups is 1. The molecule has 6 heteroatoms. The van der Waals surface area contributed by atoms with Gasteiger partial charge in [-0.05, 0) is 49.1 Å². The number of hydrogen-bond donors (Lipinski definition) is 1. The van der Waals surface area contributed by atoms with E-state index >= 15 is 0 Å². The molecule has 0 aliphatic carbocycles. The fraction of sp³-hybridized carbons (Fsp3) is 0.235. The van der Waals surface area contributed by atoms with Crippen LogP contribution in [0.25, 0.3) is 0 Å². The minimum Gasteiger partial charge on any atom is -0.279 e. The van der Waals surface area contributed by atoms with Crippen molar-refractivity contribution in [2.24, 2.45) is 0 Å². The Morgan fingerprint density at radius 1 is 1.04 bits per heavy atom. The van der Waals surface area contributed by atoms with Gasteiger partial charge in [0.25, 0.3) is 0 Å². The van der Waals surface area contributed by atoms with E-state index in [0.717, 1.165) is 5.56 Å². The minimum absolute atomic E-state index is 0.182. The molecule has 122 valence electrons. The van der Waals surface area contributed by atoms with Crippen molar-refractivity contribution >= 4 is 26.9 Å². The fourth-order valence-corrected chi connectivity index (χ4v) is 4.58. The second kappa shape index (κ2) is 6.83. The van der Waals surface area contributed by atoms with Crippen molar-refractivity contribution in [2.45, 2.75) is 31.7 Å². The Balaban J connectivity index is 2.46. The van der Waals surface area contributed by atoms with Gasteiger partial charge in [-0.25, -0.2) is 8.42 Å². The molecule has 0 aliphatic rings. The molecular weight excluding hydrogens is 334 g/mol. The molecular formula is C17H18ClNO3S. The highest BCUT2D eigenvalue weighted by molar-refractivity contribution is 7.89. The SMILES string of the molecule is Cc1cc(C)c(S(=O)(=O)N[C@@H](C(=O)Cl)c2ccccc2)c(C)c1. The first-order chi connectivity index (χ1) is 10.7. The van der Waals surface area contributed by atoms with Gasteiger partial charge in [0.15, 0.2) is 0 Å². The molecule has 0 bridgehead atoms. The van der Waals surface area contributed by atoms with Crippen LogP contribution >= 0.6 is 11.6 Å². The summed E-state index contributed by atoms with van der Waals surface area (Å²) in [6.07, 6.45) is 0. The number of benzene rings is 2. The molecule has 1 N–H and O–H groups in total. The third-order valence-corrected chi connectivity index (χ3v) is 5.45. The topological polar surface area (TPSA) is 63.2 Å². The largest absolute Gasteiger partial charge is 0.279 e. The van der Waals surface area contributed by atoms with Crippen LogP contribution in [0.3, 0.4) is 0 Å². The van der Waals surface area contributed by atoms with E-state index in [1.807, 2.05) is 6.92 Å². The molecule has 2 aromatic carbocycles. The van der Waals surface area contributed by atoms with Gasteiger partial charge in [0.2, 0.25) is 15.3 Å². The van der Waals surface area contributed by atoms with Crippen molar-refractivity contribution in [2.75, 3.05) is 0 Å². The summed E-state index contributed by atoms with van der Waals surface area (Å²) in [5.74, 6) is 0. The van der Waals surface area contributed by atoms with Crippen molar-refractivity contribution < 1.29 is 13.2 Å². The third kappa shape index (κ3) is 3.99. The van der Waals surface area contributed by atoms with Crippen LogP contribution in [0.1, 0.15) is 28.3 Å². The van der Waals surface area contributed by atoms with E-state index in [2.05, 4.69) is 4.72 Å². The van der Waals surface area contributed by atoms with E-state index < -0.39 is 21.3 Å². The first-order valence-electron chi connectivity index (χ1n) is 7.07. The molecule has 2 rings (SSSR count). The number of aryl methyl sites for hydroxylation is 3. The number of rotatable bonds is 5. The Labute approximate surface area is 141 Å². The van der Waals surface area contributed by atoms with Gasteiger partial charge in [0, 0.05) is 0 Å². The summed E-state index contributed by atoms with van der Waals surface area (Å²) in [6.45, 7) is 5.36. The zero-order chi connectivity index (χ0) is 17.2. The first-order valence-corrected chi connectivity index (χ1v) is 8.93. The van der Waals surface area contributed by atoms with Crippen molar-refractivity contribution in [3.05, 3.63) is 64.7 Å². The molecule has 0 amide bonds. The predicted octanol–water partition coefficient (Wildman–Crippen LogP) is 3.40. The molecule has 0 spiro atoms. The van der Waals surface area contributed by atoms with Gasteiger partial charge in [-0.15, -0.1) is 0 Å². The maximum atomic E-state index is 12.8. The second-order valence-corrected chi connectivity index (χ2v) is 7.52. The van der Waals surface area contributed by atoms with E-state index in [0.29, 0.717) is 16.7 Å². The summed E-state index contributed by atoms with van der Waals surface area (Å²) in [5.41, 5.74) is 2.73. The van der Waals surface area contributed by atoms with Crippen LogP contribution in [-0.4, -0.2) is 13.7 Å². The van der Waals surface area contributed by atoms with E-state index in [1.165, 1.54) is 0 Å². The molecule has 0 radical (unpaired) electrons. The zero-order valence-electron chi connectivity index (χ0n) is 13.1. The number of halogens is 1. The lowest BCUT2D eigenvalue weighted by molar-refractivity contribution is -0.113. The number of hydrogen-bond acceptors (Lipinski definition) is 3. The third-order valence-electron chi connectivity index (χ3n) is 3.51. The Kier molecular flexibility index (Phi) is 5.24. The summed E-state index contributed by atoms with van der Waals surface area (Å²) < 4.78 is 27.9. The highest BCUT2D eigenvalue weighted by Crippen LogP contribution is 2.25. The highest BCUT2D eigenvalue weighted by Gasteiger charge is 2.28. The first kappa shape index (κ1) is 17.7. The molecule has 0 saturated heterocycles. The van der Waals surface area contributed by atoms with E-state index in [4.69, 9.17) is 11.6 Å². The zero-order valence-corrected chi connectivity index (χ0v) is 14.7. The lowest BCUT2D eigenvalue weighted by Gasteiger charge is -2.18. The highest BCUT2D eigenvalue weighted by atomic mass is 35.5. The number of carbonyl (C=O) groups excluding carboxylic acids is 1. The van der Waals surface area contributed by atoms with Crippen LogP contribution in [-0.2, 0) is 14.8 Å². The Morgan fingerprint density at radius 2 is 1.57 bits per heavy atom. The average molecular weight is 352 g/mol. The van der Waals surface area contributed by atoms with Crippen molar-refractivity contribution in [1.82, 2.24) is 4.72 Å². The lowest BCUT2D eigenvalue weighted by atomic mass is 10.1. The summed E-state index contributed by atoms with van der Waals surface area (Å²) >= 11 is 5.61. The predicted molar refractivity (Wildman–Crippen MR) is 91.0 cm³/mol. The number of nitrogens with one attached hydrogen (secondary N) is 1. The van der Waals surface area contributed by atoms with Crippen molar-refractivity contribution in [1.29, 1.82) is 0 Å². The summed E-state index contributed by atoms with van der Waals surface area (Å²) in [6, 6.07) is 11.0. The van der Waals surface area contributed by atoms with Crippen LogP contribution in [0.4, 0.5) is 0 Å². The molecule has 0 aliphatic heterocycles. The molecule has 4 nitrogen and oxygen atoms in total. The number of sulfonamides is 1. The molecule has 0 heterocycles. The Morgan fingerprint density at radius 3 is 2.04 bits per heavy atom. The van der Waals surface area contributed by atoms with Crippen molar-refractivity contribution in [3.8, 4) is 0 Å². The van der Waals surface area contributed by atoms with Gasteiger partial charge in [-0.1, -0.05) is 48.0 Å². The normalized spacial score (nSPS) is 12.9. The van der Waals surface area contributed by atoms with Gasteiger partial charge < -0.3 is 0 Å².